The standard InChI is InChI=1S/C19H24N6O2/c1-14-4-6-20-17(12-14)21-16-2-3-18(23-22-16)24-7-9-25(10-8-24)19(26)15-5-11-27-13-15/h2-4,6,12,15H,5,7-11,13H2,1H3,(H,20,21,22). The molecule has 0 aromatic carbocycles. The number of pyridine rings is 1. The van der Waals surface area contributed by atoms with Gasteiger partial charge in [0.05, 0.1) is 12.5 Å². The second kappa shape index (κ2) is 7.87. The van der Waals surface area contributed by atoms with Crippen LogP contribution in [0.25, 0.3) is 0 Å². The van der Waals surface area contributed by atoms with Crippen molar-refractivity contribution in [1.82, 2.24) is 20.1 Å². The number of hydrogen-bond donors (Lipinski definition) is 1. The van der Waals surface area contributed by atoms with E-state index in [1.807, 2.05) is 36.1 Å². The highest BCUT2D eigenvalue weighted by atomic mass is 16.5. The van der Waals surface area contributed by atoms with E-state index in [2.05, 4.69) is 25.4 Å². The minimum absolute atomic E-state index is 0.0388. The van der Waals surface area contributed by atoms with E-state index in [1.54, 1.807) is 6.20 Å². The van der Waals surface area contributed by atoms with Gasteiger partial charge in [-0.05, 0) is 43.2 Å². The second-order valence-electron chi connectivity index (χ2n) is 6.99. The van der Waals surface area contributed by atoms with Crippen molar-refractivity contribution in [3.8, 4) is 0 Å². The van der Waals surface area contributed by atoms with Gasteiger partial charge in [-0.15, -0.1) is 10.2 Å². The van der Waals surface area contributed by atoms with Gasteiger partial charge in [-0.2, -0.15) is 0 Å². The first-order valence-electron chi connectivity index (χ1n) is 9.34. The van der Waals surface area contributed by atoms with Crippen LogP contribution in [0.1, 0.15) is 12.0 Å². The highest BCUT2D eigenvalue weighted by Crippen LogP contribution is 2.20. The Morgan fingerprint density at radius 1 is 1.15 bits per heavy atom. The molecule has 1 atom stereocenters. The monoisotopic (exact) mass is 368 g/mol. The molecule has 2 saturated heterocycles. The minimum atomic E-state index is 0.0388. The summed E-state index contributed by atoms with van der Waals surface area (Å²) in [6, 6.07) is 7.76. The molecule has 2 aliphatic heterocycles. The summed E-state index contributed by atoms with van der Waals surface area (Å²) in [5.41, 5.74) is 1.13. The number of ether oxygens (including phenoxy) is 1. The van der Waals surface area contributed by atoms with Crippen LogP contribution in [-0.2, 0) is 9.53 Å². The summed E-state index contributed by atoms with van der Waals surface area (Å²) in [7, 11) is 0. The molecule has 2 aliphatic rings. The highest BCUT2D eigenvalue weighted by Gasteiger charge is 2.30. The van der Waals surface area contributed by atoms with Crippen molar-refractivity contribution in [2.24, 2.45) is 5.92 Å². The van der Waals surface area contributed by atoms with Crippen LogP contribution in [0.15, 0.2) is 30.5 Å². The summed E-state index contributed by atoms with van der Waals surface area (Å²) in [4.78, 5) is 20.9. The first kappa shape index (κ1) is 17.7. The third kappa shape index (κ3) is 4.16. The molecule has 8 nitrogen and oxygen atoms in total. The van der Waals surface area contributed by atoms with Crippen molar-refractivity contribution in [3.63, 3.8) is 0 Å². The van der Waals surface area contributed by atoms with Gasteiger partial charge >= 0.3 is 0 Å². The lowest BCUT2D eigenvalue weighted by Gasteiger charge is -2.36. The Hall–Kier alpha value is -2.74. The van der Waals surface area contributed by atoms with Gasteiger partial charge in [-0.3, -0.25) is 4.79 Å². The molecular weight excluding hydrogens is 344 g/mol. The SMILES string of the molecule is Cc1ccnc(Nc2ccc(N3CCN(C(=O)C4CCOC4)CC3)nn2)c1. The molecular formula is C19H24N6O2. The third-order valence-electron chi connectivity index (χ3n) is 5.02. The zero-order valence-electron chi connectivity index (χ0n) is 15.5. The van der Waals surface area contributed by atoms with E-state index >= 15 is 0 Å². The van der Waals surface area contributed by atoms with Crippen LogP contribution in [0.3, 0.4) is 0 Å². The number of carbonyl (C=O) groups excluding carboxylic acids is 1. The fraction of sp³-hybridized carbons (Fsp3) is 0.474. The molecule has 1 amide bonds. The summed E-state index contributed by atoms with van der Waals surface area (Å²) in [6.07, 6.45) is 2.60. The van der Waals surface area contributed by atoms with Gasteiger partial charge in [0.15, 0.2) is 11.6 Å². The average molecular weight is 368 g/mol. The first-order chi connectivity index (χ1) is 13.2. The summed E-state index contributed by atoms with van der Waals surface area (Å²) in [5, 5.41) is 11.7. The van der Waals surface area contributed by atoms with Crippen LogP contribution >= 0.6 is 0 Å². The number of nitrogens with zero attached hydrogens (tertiary/aromatic N) is 5. The number of rotatable bonds is 4. The van der Waals surface area contributed by atoms with Gasteiger partial charge in [-0.1, -0.05) is 0 Å². The molecule has 142 valence electrons. The second-order valence-corrected chi connectivity index (χ2v) is 6.99. The van der Waals surface area contributed by atoms with E-state index in [1.165, 1.54) is 0 Å². The Labute approximate surface area is 158 Å². The lowest BCUT2D eigenvalue weighted by molar-refractivity contribution is -0.135. The Kier molecular flexibility index (Phi) is 5.15. The van der Waals surface area contributed by atoms with E-state index in [0.717, 1.165) is 36.7 Å². The number of aryl methyl sites for hydroxylation is 1. The first-order valence-corrected chi connectivity index (χ1v) is 9.34. The Balaban J connectivity index is 1.32. The van der Waals surface area contributed by atoms with Crippen molar-refractivity contribution < 1.29 is 9.53 Å². The maximum absolute atomic E-state index is 12.5. The molecule has 0 spiro atoms. The number of nitrogens with one attached hydrogen (secondary N) is 1. The van der Waals surface area contributed by atoms with Crippen LogP contribution in [0.5, 0.6) is 0 Å². The Bertz CT molecular complexity index is 783. The molecule has 1 N–H and O–H groups in total. The molecule has 0 aliphatic carbocycles. The van der Waals surface area contributed by atoms with E-state index in [9.17, 15) is 4.79 Å². The van der Waals surface area contributed by atoms with Crippen molar-refractivity contribution >= 4 is 23.4 Å². The number of hydrogen-bond acceptors (Lipinski definition) is 7. The zero-order chi connectivity index (χ0) is 18.6. The number of anilines is 3. The van der Waals surface area contributed by atoms with Crippen LogP contribution in [-0.4, -0.2) is 65.4 Å². The fourth-order valence-corrected chi connectivity index (χ4v) is 3.44. The number of amides is 1. The summed E-state index contributed by atoms with van der Waals surface area (Å²) < 4.78 is 5.33. The van der Waals surface area contributed by atoms with Crippen molar-refractivity contribution in [2.45, 2.75) is 13.3 Å². The molecule has 2 fully saturated rings. The van der Waals surface area contributed by atoms with Gasteiger partial charge in [0.1, 0.15) is 5.82 Å². The van der Waals surface area contributed by atoms with Gasteiger partial charge in [0.2, 0.25) is 5.91 Å². The molecule has 4 heterocycles. The highest BCUT2D eigenvalue weighted by molar-refractivity contribution is 5.79. The van der Waals surface area contributed by atoms with E-state index in [-0.39, 0.29) is 11.8 Å². The average Bonchev–Trinajstić information content (AvgIpc) is 3.23. The predicted octanol–water partition coefficient (Wildman–Crippen LogP) is 1.61. The predicted molar refractivity (Wildman–Crippen MR) is 102 cm³/mol. The molecule has 4 rings (SSSR count). The van der Waals surface area contributed by atoms with Crippen LogP contribution in [0.2, 0.25) is 0 Å². The van der Waals surface area contributed by atoms with Crippen molar-refractivity contribution in [1.29, 1.82) is 0 Å². The molecule has 27 heavy (non-hydrogen) atoms. The lowest BCUT2D eigenvalue weighted by Crippen LogP contribution is -2.50. The summed E-state index contributed by atoms with van der Waals surface area (Å²) >= 11 is 0. The van der Waals surface area contributed by atoms with E-state index in [0.29, 0.717) is 32.1 Å². The van der Waals surface area contributed by atoms with Gasteiger partial charge in [0.25, 0.3) is 0 Å². The molecule has 0 saturated carbocycles. The zero-order valence-corrected chi connectivity index (χ0v) is 15.5. The van der Waals surface area contributed by atoms with Gasteiger partial charge < -0.3 is 19.9 Å². The van der Waals surface area contributed by atoms with Crippen LogP contribution in [0.4, 0.5) is 17.5 Å². The number of aromatic nitrogens is 3. The molecule has 2 aromatic heterocycles. The Morgan fingerprint density at radius 3 is 2.67 bits per heavy atom. The van der Waals surface area contributed by atoms with Gasteiger partial charge in [0, 0.05) is 39.0 Å². The quantitative estimate of drug-likeness (QED) is 0.878. The maximum Gasteiger partial charge on any atom is 0.228 e. The lowest BCUT2D eigenvalue weighted by atomic mass is 10.1. The topological polar surface area (TPSA) is 83.5 Å². The number of piperazine rings is 1. The smallest absolute Gasteiger partial charge is 0.228 e. The minimum Gasteiger partial charge on any atom is -0.381 e. The van der Waals surface area contributed by atoms with E-state index < -0.39 is 0 Å². The van der Waals surface area contributed by atoms with Crippen LogP contribution in [0, 0.1) is 12.8 Å². The number of carbonyl (C=O) groups is 1. The molecule has 0 bridgehead atoms. The molecule has 0 radical (unpaired) electrons. The van der Waals surface area contributed by atoms with Gasteiger partial charge in [-0.25, -0.2) is 4.98 Å². The third-order valence-corrected chi connectivity index (χ3v) is 5.02. The normalized spacial score (nSPS) is 20.0. The molecule has 8 heteroatoms. The largest absolute Gasteiger partial charge is 0.381 e. The van der Waals surface area contributed by atoms with Crippen molar-refractivity contribution in [2.75, 3.05) is 49.6 Å². The Morgan fingerprint density at radius 2 is 2.00 bits per heavy atom. The molecule has 2 aromatic rings. The fourth-order valence-electron chi connectivity index (χ4n) is 3.44. The summed E-state index contributed by atoms with van der Waals surface area (Å²) in [6.45, 7) is 6.24. The molecule has 1 unspecified atom stereocenters. The van der Waals surface area contributed by atoms with E-state index in [4.69, 9.17) is 4.74 Å². The maximum atomic E-state index is 12.5. The van der Waals surface area contributed by atoms with Crippen molar-refractivity contribution in [3.05, 3.63) is 36.0 Å². The summed E-state index contributed by atoms with van der Waals surface area (Å²) in [5.74, 6) is 2.50. The van der Waals surface area contributed by atoms with Crippen LogP contribution < -0.4 is 10.2 Å².